The highest BCUT2D eigenvalue weighted by atomic mass is 35.5. The number of nitro groups is 1. The van der Waals surface area contributed by atoms with Crippen molar-refractivity contribution in [2.75, 3.05) is 11.9 Å². The lowest BCUT2D eigenvalue weighted by Gasteiger charge is -2.30. The van der Waals surface area contributed by atoms with Crippen molar-refractivity contribution in [2.24, 2.45) is 5.92 Å². The van der Waals surface area contributed by atoms with Crippen LogP contribution in [0.2, 0.25) is 0 Å². The number of benzene rings is 1. The molecule has 0 aliphatic heterocycles. The lowest BCUT2D eigenvalue weighted by molar-refractivity contribution is -0.385. The first-order valence-electron chi connectivity index (χ1n) is 5.94. The summed E-state index contributed by atoms with van der Waals surface area (Å²) < 4.78 is 0. The summed E-state index contributed by atoms with van der Waals surface area (Å²) in [5.41, 5.74) is 1.60. The average Bonchev–Trinajstić information content (AvgIpc) is 2.35. The van der Waals surface area contributed by atoms with Crippen LogP contribution < -0.4 is 4.90 Å². The number of halogens is 1. The van der Waals surface area contributed by atoms with Crippen molar-refractivity contribution in [1.29, 1.82) is 0 Å². The van der Waals surface area contributed by atoms with Crippen LogP contribution in [0, 0.1) is 16.0 Å². The molecular formula is C13H19ClN2O2. The fourth-order valence-corrected chi connectivity index (χ4v) is 1.97. The third-order valence-corrected chi connectivity index (χ3v) is 3.67. The molecule has 4 nitrogen and oxygen atoms in total. The molecule has 1 rings (SSSR count). The Kier molecular flexibility index (Phi) is 4.96. The van der Waals surface area contributed by atoms with Crippen molar-refractivity contribution in [3.8, 4) is 0 Å². The molecule has 0 N–H and O–H groups in total. The fourth-order valence-electron chi connectivity index (χ4n) is 1.76. The molecule has 1 unspecified atom stereocenters. The maximum Gasteiger partial charge on any atom is 0.273 e. The van der Waals surface area contributed by atoms with Crippen LogP contribution in [0.5, 0.6) is 0 Å². The first-order chi connectivity index (χ1) is 8.38. The topological polar surface area (TPSA) is 46.4 Å². The molecule has 0 bridgehead atoms. The molecule has 100 valence electrons. The summed E-state index contributed by atoms with van der Waals surface area (Å²) in [5.74, 6) is 0.651. The van der Waals surface area contributed by atoms with Crippen molar-refractivity contribution in [3.05, 3.63) is 33.9 Å². The maximum absolute atomic E-state index is 10.8. The van der Waals surface area contributed by atoms with Gasteiger partial charge in [-0.1, -0.05) is 13.8 Å². The summed E-state index contributed by atoms with van der Waals surface area (Å²) in [5, 5.41) is 10.8. The van der Waals surface area contributed by atoms with Crippen LogP contribution in [0.3, 0.4) is 0 Å². The zero-order chi connectivity index (χ0) is 13.9. The first-order valence-corrected chi connectivity index (χ1v) is 6.48. The second kappa shape index (κ2) is 6.05. The molecule has 0 aliphatic carbocycles. The third-order valence-electron chi connectivity index (χ3n) is 3.39. The predicted octanol–water partition coefficient (Wildman–Crippen LogP) is 3.81. The van der Waals surface area contributed by atoms with Crippen LogP contribution in [0.4, 0.5) is 11.4 Å². The van der Waals surface area contributed by atoms with Gasteiger partial charge in [0, 0.05) is 30.4 Å². The van der Waals surface area contributed by atoms with Gasteiger partial charge in [-0.25, -0.2) is 0 Å². The normalized spacial score (nSPS) is 12.6. The SMILES string of the molecule is CC(C)C(C)N(C)c1ccc([N+](=O)[O-])c(CCl)c1. The van der Waals surface area contributed by atoms with Crippen LogP contribution in [-0.2, 0) is 5.88 Å². The smallest absolute Gasteiger partial charge is 0.273 e. The Bertz CT molecular complexity index is 435. The Morgan fingerprint density at radius 3 is 2.44 bits per heavy atom. The van der Waals surface area contributed by atoms with Gasteiger partial charge in [-0.05, 0) is 25.0 Å². The fraction of sp³-hybridized carbons (Fsp3) is 0.538. The lowest BCUT2D eigenvalue weighted by atomic mass is 10.0. The van der Waals surface area contributed by atoms with E-state index in [0.29, 0.717) is 17.5 Å². The predicted molar refractivity (Wildman–Crippen MR) is 75.4 cm³/mol. The summed E-state index contributed by atoms with van der Waals surface area (Å²) in [6, 6.07) is 5.45. The molecule has 1 aromatic carbocycles. The van der Waals surface area contributed by atoms with Gasteiger partial charge in [-0.3, -0.25) is 10.1 Å². The standard InChI is InChI=1S/C13H19ClN2O2/c1-9(2)10(3)15(4)12-5-6-13(16(17)18)11(7-12)8-14/h5-7,9-10H,8H2,1-4H3. The van der Waals surface area contributed by atoms with E-state index in [1.807, 2.05) is 7.05 Å². The Labute approximate surface area is 113 Å². The highest BCUT2D eigenvalue weighted by molar-refractivity contribution is 6.17. The van der Waals surface area contributed by atoms with Gasteiger partial charge >= 0.3 is 0 Å². The molecule has 0 spiro atoms. The number of hydrogen-bond donors (Lipinski definition) is 0. The van der Waals surface area contributed by atoms with Gasteiger partial charge in [0.05, 0.1) is 10.8 Å². The Hall–Kier alpha value is -1.29. The summed E-state index contributed by atoms with van der Waals surface area (Å²) in [6.45, 7) is 6.43. The van der Waals surface area contributed by atoms with E-state index in [4.69, 9.17) is 11.6 Å². The van der Waals surface area contributed by atoms with Gasteiger partial charge in [-0.15, -0.1) is 11.6 Å². The van der Waals surface area contributed by atoms with Crippen molar-refractivity contribution >= 4 is 23.0 Å². The van der Waals surface area contributed by atoms with Gasteiger partial charge in [-0.2, -0.15) is 0 Å². The molecule has 0 amide bonds. The van der Waals surface area contributed by atoms with Crippen LogP contribution in [-0.4, -0.2) is 18.0 Å². The second-order valence-corrected chi connectivity index (χ2v) is 5.07. The Morgan fingerprint density at radius 1 is 1.39 bits per heavy atom. The largest absolute Gasteiger partial charge is 0.372 e. The molecule has 18 heavy (non-hydrogen) atoms. The number of rotatable bonds is 5. The van der Waals surface area contributed by atoms with E-state index in [-0.39, 0.29) is 11.6 Å². The van der Waals surface area contributed by atoms with E-state index in [2.05, 4.69) is 25.7 Å². The second-order valence-electron chi connectivity index (χ2n) is 4.80. The van der Waals surface area contributed by atoms with Crippen LogP contribution in [0.1, 0.15) is 26.3 Å². The molecule has 0 aliphatic rings. The molecule has 0 saturated heterocycles. The Morgan fingerprint density at radius 2 is 2.00 bits per heavy atom. The molecule has 0 heterocycles. The zero-order valence-electron chi connectivity index (χ0n) is 11.2. The van der Waals surface area contributed by atoms with E-state index < -0.39 is 4.92 Å². The minimum atomic E-state index is -0.395. The van der Waals surface area contributed by atoms with E-state index in [1.165, 1.54) is 6.07 Å². The van der Waals surface area contributed by atoms with E-state index in [9.17, 15) is 10.1 Å². The minimum Gasteiger partial charge on any atom is -0.372 e. The van der Waals surface area contributed by atoms with Gasteiger partial charge < -0.3 is 4.90 Å². The van der Waals surface area contributed by atoms with Crippen LogP contribution in [0.25, 0.3) is 0 Å². The molecule has 0 fully saturated rings. The van der Waals surface area contributed by atoms with Gasteiger partial charge in [0.1, 0.15) is 0 Å². The van der Waals surface area contributed by atoms with E-state index in [1.54, 1.807) is 12.1 Å². The maximum atomic E-state index is 10.8. The van der Waals surface area contributed by atoms with E-state index in [0.717, 1.165) is 5.69 Å². The third kappa shape index (κ3) is 3.13. The number of anilines is 1. The Balaban J connectivity index is 3.09. The van der Waals surface area contributed by atoms with Crippen LogP contribution in [0.15, 0.2) is 18.2 Å². The van der Waals surface area contributed by atoms with Crippen molar-refractivity contribution in [3.63, 3.8) is 0 Å². The molecule has 5 heteroatoms. The number of hydrogen-bond acceptors (Lipinski definition) is 3. The van der Waals surface area contributed by atoms with Gasteiger partial charge in [0.25, 0.3) is 5.69 Å². The lowest BCUT2D eigenvalue weighted by Crippen LogP contribution is -2.33. The summed E-state index contributed by atoms with van der Waals surface area (Å²) in [7, 11) is 1.99. The van der Waals surface area contributed by atoms with Crippen molar-refractivity contribution in [2.45, 2.75) is 32.7 Å². The van der Waals surface area contributed by atoms with Crippen LogP contribution >= 0.6 is 11.6 Å². The quantitative estimate of drug-likeness (QED) is 0.464. The zero-order valence-corrected chi connectivity index (χ0v) is 11.9. The van der Waals surface area contributed by atoms with Crippen molar-refractivity contribution in [1.82, 2.24) is 0 Å². The van der Waals surface area contributed by atoms with Gasteiger partial charge in [0.2, 0.25) is 0 Å². The minimum absolute atomic E-state index is 0.0827. The summed E-state index contributed by atoms with van der Waals surface area (Å²) in [6.07, 6.45) is 0. The first kappa shape index (κ1) is 14.8. The summed E-state index contributed by atoms with van der Waals surface area (Å²) in [4.78, 5) is 12.6. The highest BCUT2D eigenvalue weighted by Crippen LogP contribution is 2.27. The van der Waals surface area contributed by atoms with E-state index >= 15 is 0 Å². The van der Waals surface area contributed by atoms with Crippen molar-refractivity contribution < 1.29 is 4.92 Å². The summed E-state index contributed by atoms with van der Waals surface area (Å²) >= 11 is 5.77. The highest BCUT2D eigenvalue weighted by Gasteiger charge is 2.18. The molecule has 0 saturated carbocycles. The van der Waals surface area contributed by atoms with Gasteiger partial charge in [0.15, 0.2) is 0 Å². The molecule has 1 atom stereocenters. The molecular weight excluding hydrogens is 252 g/mol. The number of alkyl halides is 1. The average molecular weight is 271 g/mol. The number of nitro benzene ring substituents is 1. The molecule has 1 aromatic rings. The number of nitrogens with zero attached hydrogens (tertiary/aromatic N) is 2. The molecule has 0 radical (unpaired) electrons. The monoisotopic (exact) mass is 270 g/mol. The molecule has 0 aromatic heterocycles.